The molecule has 0 bridgehead atoms. The number of aromatic nitrogens is 3. The summed E-state index contributed by atoms with van der Waals surface area (Å²) in [5, 5.41) is 3.85. The zero-order valence-corrected chi connectivity index (χ0v) is 23.5. The van der Waals surface area contributed by atoms with E-state index in [1.165, 1.54) is 13.3 Å². The average Bonchev–Trinajstić information content (AvgIpc) is 3.23. The molecule has 5 rings (SSSR count). The van der Waals surface area contributed by atoms with Gasteiger partial charge in [-0.25, -0.2) is 4.39 Å². The predicted molar refractivity (Wildman–Crippen MR) is 153 cm³/mol. The van der Waals surface area contributed by atoms with Gasteiger partial charge in [0.15, 0.2) is 0 Å². The molecule has 1 amide bonds. The van der Waals surface area contributed by atoms with Crippen LogP contribution in [0.25, 0.3) is 10.9 Å². The van der Waals surface area contributed by atoms with Gasteiger partial charge in [-0.2, -0.15) is 0 Å². The average molecular weight is 546 g/mol. The maximum atomic E-state index is 13.6. The number of benzene rings is 1. The van der Waals surface area contributed by atoms with Crippen molar-refractivity contribution in [2.24, 2.45) is 5.92 Å². The van der Waals surface area contributed by atoms with Gasteiger partial charge in [0.05, 0.1) is 31.0 Å². The molecule has 1 fully saturated rings. The number of amides is 1. The number of halogens is 1. The number of nitrogens with zero attached hydrogens (tertiary/aromatic N) is 3. The highest BCUT2D eigenvalue weighted by Gasteiger charge is 2.29. The summed E-state index contributed by atoms with van der Waals surface area (Å²) in [5.41, 5.74) is 4.25. The lowest BCUT2D eigenvalue weighted by molar-refractivity contribution is 0.0951. The summed E-state index contributed by atoms with van der Waals surface area (Å²) in [4.78, 5) is 35.2. The highest BCUT2D eigenvalue weighted by molar-refractivity contribution is 6.08. The molecule has 0 aliphatic carbocycles. The van der Waals surface area contributed by atoms with Crippen LogP contribution in [0.5, 0.6) is 5.75 Å². The van der Waals surface area contributed by atoms with E-state index >= 15 is 0 Å². The number of fused-ring (bicyclic) bond motifs is 1. The third-order valence-corrected chi connectivity index (χ3v) is 8.15. The van der Waals surface area contributed by atoms with Crippen LogP contribution in [0.1, 0.15) is 58.7 Å². The molecule has 1 aliphatic heterocycles. The predicted octanol–water partition coefficient (Wildman–Crippen LogP) is 4.89. The molecule has 0 spiro atoms. The van der Waals surface area contributed by atoms with Gasteiger partial charge in [0.25, 0.3) is 11.5 Å². The van der Waals surface area contributed by atoms with Gasteiger partial charge in [0, 0.05) is 41.1 Å². The monoisotopic (exact) mass is 545 g/mol. The SMILES string of the molecule is COc1cc(C)[nH]c(=O)c1CNC(=O)c1c(C)n([C@H](C)C2CCN(Cc3cncc(F)c3)CC2)c2ccccc12. The Morgan fingerprint density at radius 1 is 1.20 bits per heavy atom. The molecule has 0 radical (unpaired) electrons. The fourth-order valence-electron chi connectivity index (χ4n) is 6.10. The van der Waals surface area contributed by atoms with Gasteiger partial charge >= 0.3 is 0 Å². The van der Waals surface area contributed by atoms with Crippen molar-refractivity contribution < 1.29 is 13.9 Å². The third kappa shape index (κ3) is 5.51. The molecule has 1 aliphatic rings. The lowest BCUT2D eigenvalue weighted by Crippen LogP contribution is -2.36. The molecule has 4 heterocycles. The van der Waals surface area contributed by atoms with Gasteiger partial charge in [0.2, 0.25) is 0 Å². The van der Waals surface area contributed by atoms with E-state index in [-0.39, 0.29) is 29.9 Å². The number of rotatable bonds is 8. The number of hydrogen-bond acceptors (Lipinski definition) is 5. The van der Waals surface area contributed by atoms with Crippen molar-refractivity contribution in [3.05, 3.63) is 93.0 Å². The third-order valence-electron chi connectivity index (χ3n) is 8.15. The first kappa shape index (κ1) is 27.6. The molecule has 1 aromatic carbocycles. The van der Waals surface area contributed by atoms with Crippen LogP contribution >= 0.6 is 0 Å². The zero-order chi connectivity index (χ0) is 28.4. The smallest absolute Gasteiger partial charge is 0.256 e. The van der Waals surface area contributed by atoms with Crippen molar-refractivity contribution in [2.45, 2.75) is 52.7 Å². The Kier molecular flexibility index (Phi) is 8.02. The maximum absolute atomic E-state index is 13.6. The number of para-hydroxylation sites is 1. The number of hydrogen-bond donors (Lipinski definition) is 2. The molecule has 1 saturated heterocycles. The standard InChI is InChI=1S/C31H36FN5O3/c1-19-13-28(40-4)26(30(38)35-19)17-34-31(39)29-21(3)37(27-8-6-5-7-25(27)29)20(2)23-9-11-36(12-10-23)18-22-14-24(32)16-33-15-22/h5-8,13-16,20,23H,9-12,17-18H2,1-4H3,(H,34,39)(H,35,38)/t20-/m1/s1. The number of carbonyl (C=O) groups excluding carboxylic acids is 1. The van der Waals surface area contributed by atoms with E-state index in [0.29, 0.717) is 35.0 Å². The minimum atomic E-state index is -0.305. The quantitative estimate of drug-likeness (QED) is 0.329. The van der Waals surface area contributed by atoms with E-state index < -0.39 is 0 Å². The first-order chi connectivity index (χ1) is 19.3. The maximum Gasteiger partial charge on any atom is 0.256 e. The number of carbonyl (C=O) groups is 1. The van der Waals surface area contributed by atoms with Crippen LogP contribution < -0.4 is 15.6 Å². The van der Waals surface area contributed by atoms with Crippen LogP contribution in [0, 0.1) is 25.6 Å². The highest BCUT2D eigenvalue weighted by Crippen LogP contribution is 2.36. The molecule has 3 aromatic heterocycles. The molecule has 40 heavy (non-hydrogen) atoms. The topological polar surface area (TPSA) is 92.2 Å². The van der Waals surface area contributed by atoms with Gasteiger partial charge < -0.3 is 19.6 Å². The number of aromatic amines is 1. The molecule has 8 nitrogen and oxygen atoms in total. The Morgan fingerprint density at radius 3 is 2.67 bits per heavy atom. The number of likely N-dealkylation sites (tertiary alicyclic amines) is 1. The molecule has 0 unspecified atom stereocenters. The summed E-state index contributed by atoms with van der Waals surface area (Å²) in [7, 11) is 1.52. The highest BCUT2D eigenvalue weighted by atomic mass is 19.1. The van der Waals surface area contributed by atoms with Crippen molar-refractivity contribution in [1.29, 1.82) is 0 Å². The van der Waals surface area contributed by atoms with Crippen molar-refractivity contribution in [3.8, 4) is 5.75 Å². The molecule has 0 saturated carbocycles. The lowest BCUT2D eigenvalue weighted by Gasteiger charge is -2.36. The normalized spacial score (nSPS) is 15.3. The van der Waals surface area contributed by atoms with Crippen LogP contribution in [-0.4, -0.2) is 45.5 Å². The van der Waals surface area contributed by atoms with Gasteiger partial charge in [0.1, 0.15) is 11.6 Å². The molecule has 1 atom stereocenters. The second kappa shape index (κ2) is 11.6. The number of methoxy groups -OCH3 is 1. The number of piperidine rings is 1. The molecule has 9 heteroatoms. The molecule has 2 N–H and O–H groups in total. The molecule has 4 aromatic rings. The van der Waals surface area contributed by atoms with E-state index in [9.17, 15) is 14.0 Å². The summed E-state index contributed by atoms with van der Waals surface area (Å²) >= 11 is 0. The lowest BCUT2D eigenvalue weighted by atomic mass is 9.89. The largest absolute Gasteiger partial charge is 0.496 e. The van der Waals surface area contributed by atoms with Crippen molar-refractivity contribution >= 4 is 16.8 Å². The van der Waals surface area contributed by atoms with Crippen molar-refractivity contribution in [2.75, 3.05) is 20.2 Å². The van der Waals surface area contributed by atoms with E-state index in [1.54, 1.807) is 25.3 Å². The van der Waals surface area contributed by atoms with E-state index in [1.807, 2.05) is 25.1 Å². The molecular weight excluding hydrogens is 509 g/mol. The van der Waals surface area contributed by atoms with E-state index in [0.717, 1.165) is 48.1 Å². The summed E-state index contributed by atoms with van der Waals surface area (Å²) < 4.78 is 21.3. The van der Waals surface area contributed by atoms with E-state index in [4.69, 9.17) is 4.74 Å². The molecule has 210 valence electrons. The van der Waals surface area contributed by atoms with Crippen LogP contribution in [0.15, 0.2) is 53.6 Å². The summed E-state index contributed by atoms with van der Waals surface area (Å²) in [6.45, 7) is 8.61. The zero-order valence-electron chi connectivity index (χ0n) is 23.5. The first-order valence-corrected chi connectivity index (χ1v) is 13.7. The Labute approximate surface area is 233 Å². The molecular formula is C31H36FN5O3. The fourth-order valence-corrected chi connectivity index (χ4v) is 6.10. The Bertz CT molecular complexity index is 1590. The Hall–Kier alpha value is -3.98. The minimum Gasteiger partial charge on any atom is -0.496 e. The minimum absolute atomic E-state index is 0.0609. The van der Waals surface area contributed by atoms with Crippen LogP contribution in [0.2, 0.25) is 0 Å². The number of aryl methyl sites for hydroxylation is 1. The van der Waals surface area contributed by atoms with Gasteiger partial charge in [-0.1, -0.05) is 18.2 Å². The van der Waals surface area contributed by atoms with Crippen LogP contribution in [0.4, 0.5) is 4.39 Å². The Balaban J connectivity index is 1.34. The number of H-pyrrole nitrogens is 1. The number of ether oxygens (including phenoxy) is 1. The summed E-state index contributed by atoms with van der Waals surface area (Å²) in [6, 6.07) is 11.5. The number of pyridine rings is 2. The van der Waals surface area contributed by atoms with Crippen LogP contribution in [-0.2, 0) is 13.1 Å². The van der Waals surface area contributed by atoms with Crippen molar-refractivity contribution in [3.63, 3.8) is 0 Å². The second-order valence-corrected chi connectivity index (χ2v) is 10.7. The van der Waals surface area contributed by atoms with E-state index in [2.05, 4.69) is 37.7 Å². The van der Waals surface area contributed by atoms with Crippen LogP contribution in [0.3, 0.4) is 0 Å². The summed E-state index contributed by atoms with van der Waals surface area (Å²) in [5.74, 6) is 0.359. The first-order valence-electron chi connectivity index (χ1n) is 13.7. The van der Waals surface area contributed by atoms with Gasteiger partial charge in [-0.15, -0.1) is 0 Å². The van der Waals surface area contributed by atoms with Crippen molar-refractivity contribution in [1.82, 2.24) is 24.8 Å². The van der Waals surface area contributed by atoms with Gasteiger partial charge in [-0.05, 0) is 76.4 Å². The second-order valence-electron chi connectivity index (χ2n) is 10.7. The Morgan fingerprint density at radius 2 is 1.95 bits per heavy atom. The van der Waals surface area contributed by atoms with Gasteiger partial charge in [-0.3, -0.25) is 19.5 Å². The summed E-state index contributed by atoms with van der Waals surface area (Å²) in [6.07, 6.45) is 4.97. The fraction of sp³-hybridized carbons (Fsp3) is 0.387. The number of nitrogens with one attached hydrogen (secondary N) is 2.